The van der Waals surface area contributed by atoms with Crippen LogP contribution in [0.4, 0.5) is 0 Å². The summed E-state index contributed by atoms with van der Waals surface area (Å²) in [7, 11) is 0. The Labute approximate surface area is 198 Å². The fraction of sp³-hybridized carbons (Fsp3) is 0.188. The van der Waals surface area contributed by atoms with Gasteiger partial charge in [0.1, 0.15) is 11.9 Å². The number of hydrogen-bond acceptors (Lipinski definition) is 1. The Morgan fingerprint density at radius 2 is 1.12 bits per heavy atom. The van der Waals surface area contributed by atoms with E-state index in [1.165, 1.54) is 24.8 Å². The lowest BCUT2D eigenvalue weighted by atomic mass is 10.0. The maximum absolute atomic E-state index is 6.41. The third-order valence-corrected chi connectivity index (χ3v) is 5.69. The molecule has 0 N–H and O–H groups in total. The molecule has 0 radical (unpaired) electrons. The van der Waals surface area contributed by atoms with Crippen LogP contribution in [0.15, 0.2) is 109 Å². The lowest BCUT2D eigenvalue weighted by Crippen LogP contribution is -2.09. The molecular formula is C32H30O. The molecule has 0 aromatic heterocycles. The first-order chi connectivity index (χ1) is 16.3. The maximum Gasteiger partial charge on any atom is 0.149 e. The second-order valence-corrected chi connectivity index (χ2v) is 8.25. The Hall–Kier alpha value is -3.76. The van der Waals surface area contributed by atoms with Crippen LogP contribution in [-0.4, -0.2) is 0 Å². The van der Waals surface area contributed by atoms with Crippen molar-refractivity contribution in [3.63, 3.8) is 0 Å². The molecule has 4 rings (SSSR count). The molecule has 1 nitrogen and oxygen atoms in total. The molecule has 0 saturated carbocycles. The van der Waals surface area contributed by atoms with E-state index in [1.807, 2.05) is 60.7 Å². The highest BCUT2D eigenvalue weighted by Gasteiger charge is 2.15. The van der Waals surface area contributed by atoms with Crippen LogP contribution in [0.2, 0.25) is 0 Å². The second kappa shape index (κ2) is 11.7. The minimum absolute atomic E-state index is 0.153. The fourth-order valence-electron chi connectivity index (χ4n) is 3.82. The molecule has 4 aromatic carbocycles. The summed E-state index contributed by atoms with van der Waals surface area (Å²) < 4.78 is 6.41. The Balaban J connectivity index is 1.44. The molecule has 0 amide bonds. The van der Waals surface area contributed by atoms with Crippen molar-refractivity contribution < 1.29 is 4.74 Å². The molecule has 0 aliphatic carbocycles. The van der Waals surface area contributed by atoms with Crippen LogP contribution >= 0.6 is 0 Å². The van der Waals surface area contributed by atoms with Gasteiger partial charge in [-0.2, -0.15) is 0 Å². The van der Waals surface area contributed by atoms with Crippen LogP contribution in [-0.2, 0) is 6.42 Å². The molecule has 0 spiro atoms. The van der Waals surface area contributed by atoms with Crippen molar-refractivity contribution in [2.75, 3.05) is 0 Å². The molecule has 0 saturated heterocycles. The summed E-state index contributed by atoms with van der Waals surface area (Å²) in [5.41, 5.74) is 5.67. The fourth-order valence-corrected chi connectivity index (χ4v) is 3.82. The summed E-state index contributed by atoms with van der Waals surface area (Å²) in [6.45, 7) is 2.24. The summed E-state index contributed by atoms with van der Waals surface area (Å²) >= 11 is 0. The van der Waals surface area contributed by atoms with Crippen molar-refractivity contribution in [2.24, 2.45) is 0 Å². The summed E-state index contributed by atoms with van der Waals surface area (Å²) in [6.07, 6.45) is 4.80. The first kappa shape index (κ1) is 22.4. The normalized spacial score (nSPS) is 10.5. The van der Waals surface area contributed by atoms with Crippen molar-refractivity contribution in [2.45, 2.75) is 38.7 Å². The van der Waals surface area contributed by atoms with E-state index in [0.29, 0.717) is 0 Å². The predicted octanol–water partition coefficient (Wildman–Crippen LogP) is 7.99. The van der Waals surface area contributed by atoms with Crippen LogP contribution in [0.1, 0.15) is 60.1 Å². The van der Waals surface area contributed by atoms with Gasteiger partial charge in [-0.1, -0.05) is 104 Å². The maximum atomic E-state index is 6.41. The molecule has 0 unspecified atom stereocenters. The van der Waals surface area contributed by atoms with Crippen LogP contribution in [0, 0.1) is 11.8 Å². The van der Waals surface area contributed by atoms with Crippen molar-refractivity contribution >= 4 is 0 Å². The number of aryl methyl sites for hydroxylation is 1. The highest BCUT2D eigenvalue weighted by molar-refractivity contribution is 5.45. The smallest absolute Gasteiger partial charge is 0.149 e. The van der Waals surface area contributed by atoms with E-state index in [2.05, 4.69) is 67.3 Å². The van der Waals surface area contributed by atoms with Crippen molar-refractivity contribution in [3.8, 4) is 17.6 Å². The van der Waals surface area contributed by atoms with Gasteiger partial charge in [-0.05, 0) is 65.9 Å². The van der Waals surface area contributed by atoms with Gasteiger partial charge in [-0.3, -0.25) is 0 Å². The monoisotopic (exact) mass is 430 g/mol. The van der Waals surface area contributed by atoms with Gasteiger partial charge in [-0.25, -0.2) is 0 Å². The molecular weight excluding hydrogens is 400 g/mol. The van der Waals surface area contributed by atoms with Crippen LogP contribution in [0.5, 0.6) is 5.75 Å². The van der Waals surface area contributed by atoms with Gasteiger partial charge in [0.05, 0.1) is 0 Å². The van der Waals surface area contributed by atoms with Gasteiger partial charge in [0.15, 0.2) is 0 Å². The Morgan fingerprint density at radius 1 is 0.606 bits per heavy atom. The summed E-state index contributed by atoms with van der Waals surface area (Å²) in [5, 5.41) is 0. The zero-order chi connectivity index (χ0) is 22.7. The second-order valence-electron chi connectivity index (χ2n) is 8.25. The number of hydrogen-bond donors (Lipinski definition) is 0. The summed E-state index contributed by atoms with van der Waals surface area (Å²) in [4.78, 5) is 0. The summed E-state index contributed by atoms with van der Waals surface area (Å²) in [6, 6.07) is 37.3. The topological polar surface area (TPSA) is 9.23 Å². The van der Waals surface area contributed by atoms with E-state index < -0.39 is 0 Å². The van der Waals surface area contributed by atoms with Gasteiger partial charge in [0, 0.05) is 11.1 Å². The van der Waals surface area contributed by atoms with Gasteiger partial charge < -0.3 is 4.74 Å². The standard InChI is InChI=1S/C32H30O/c1-2-3-6-11-26-16-18-27(19-17-26)20-21-28-22-24-31(25-23-28)33-32(29-12-7-4-8-13-29)30-14-9-5-10-15-30/h4-5,7-10,12-19,22-25,32H,2-3,6,11H2,1H3. The van der Waals surface area contributed by atoms with E-state index in [9.17, 15) is 0 Å². The Morgan fingerprint density at radius 3 is 1.64 bits per heavy atom. The molecule has 0 fully saturated rings. The van der Waals surface area contributed by atoms with Gasteiger partial charge in [0.25, 0.3) is 0 Å². The number of unbranched alkanes of at least 4 members (excludes halogenated alkanes) is 2. The van der Waals surface area contributed by atoms with Gasteiger partial charge in [0.2, 0.25) is 0 Å². The van der Waals surface area contributed by atoms with E-state index in [4.69, 9.17) is 4.74 Å². The first-order valence-corrected chi connectivity index (χ1v) is 11.8. The molecule has 4 aromatic rings. The Kier molecular flexibility index (Phi) is 7.98. The van der Waals surface area contributed by atoms with E-state index in [-0.39, 0.29) is 6.10 Å². The number of rotatable bonds is 8. The summed E-state index contributed by atoms with van der Waals surface area (Å²) in [5.74, 6) is 7.38. The van der Waals surface area contributed by atoms with Crippen molar-refractivity contribution in [1.82, 2.24) is 0 Å². The lowest BCUT2D eigenvalue weighted by molar-refractivity contribution is 0.247. The molecule has 0 aliphatic heterocycles. The van der Waals surface area contributed by atoms with Crippen LogP contribution in [0.25, 0.3) is 0 Å². The molecule has 0 bridgehead atoms. The number of benzene rings is 4. The average Bonchev–Trinajstić information content (AvgIpc) is 2.89. The van der Waals surface area contributed by atoms with Crippen molar-refractivity contribution in [3.05, 3.63) is 137 Å². The zero-order valence-corrected chi connectivity index (χ0v) is 19.2. The van der Waals surface area contributed by atoms with E-state index in [1.54, 1.807) is 0 Å². The first-order valence-electron chi connectivity index (χ1n) is 11.8. The van der Waals surface area contributed by atoms with Crippen molar-refractivity contribution in [1.29, 1.82) is 0 Å². The van der Waals surface area contributed by atoms with Gasteiger partial charge in [-0.15, -0.1) is 0 Å². The zero-order valence-electron chi connectivity index (χ0n) is 19.2. The van der Waals surface area contributed by atoms with Crippen LogP contribution in [0.3, 0.4) is 0 Å². The minimum Gasteiger partial charge on any atom is -0.481 e. The van der Waals surface area contributed by atoms with E-state index in [0.717, 1.165) is 34.4 Å². The highest BCUT2D eigenvalue weighted by Crippen LogP contribution is 2.28. The minimum atomic E-state index is -0.153. The molecule has 0 aliphatic rings. The molecule has 1 heteroatoms. The predicted molar refractivity (Wildman–Crippen MR) is 137 cm³/mol. The van der Waals surface area contributed by atoms with Crippen LogP contribution < -0.4 is 4.74 Å². The Bertz CT molecular complexity index is 1130. The lowest BCUT2D eigenvalue weighted by Gasteiger charge is -2.20. The van der Waals surface area contributed by atoms with E-state index >= 15 is 0 Å². The number of ether oxygens (including phenoxy) is 1. The molecule has 164 valence electrons. The SMILES string of the molecule is CCCCCc1ccc(C#Cc2ccc(OC(c3ccccc3)c3ccccc3)cc2)cc1. The molecule has 0 heterocycles. The third kappa shape index (κ3) is 6.61. The quantitative estimate of drug-likeness (QED) is 0.203. The molecule has 0 atom stereocenters. The third-order valence-electron chi connectivity index (χ3n) is 5.69. The largest absolute Gasteiger partial charge is 0.481 e. The van der Waals surface area contributed by atoms with Gasteiger partial charge >= 0.3 is 0 Å². The average molecular weight is 431 g/mol. The molecule has 33 heavy (non-hydrogen) atoms. The highest BCUT2D eigenvalue weighted by atomic mass is 16.5.